The van der Waals surface area contributed by atoms with Crippen LogP contribution in [0.3, 0.4) is 0 Å². The van der Waals surface area contributed by atoms with Crippen LogP contribution in [0.1, 0.15) is 26.2 Å². The number of alkyl halides is 3. The number of anilines is 1. The summed E-state index contributed by atoms with van der Waals surface area (Å²) in [4.78, 5) is 43.9. The van der Waals surface area contributed by atoms with Crippen molar-refractivity contribution in [3.05, 3.63) is 10.4 Å². The molecule has 0 amide bonds. The first-order valence-corrected chi connectivity index (χ1v) is 10.7. The second-order valence-electron chi connectivity index (χ2n) is 6.89. The second kappa shape index (κ2) is 11.1. The Morgan fingerprint density at radius 1 is 1.15 bits per heavy atom. The molecule has 3 rings (SSSR count). The Balaban J connectivity index is 0.000000479. The van der Waals surface area contributed by atoms with Gasteiger partial charge in [-0.15, -0.1) is 5.92 Å². The molecule has 1 fully saturated rings. The van der Waals surface area contributed by atoms with Crippen LogP contribution in [0.4, 0.5) is 19.1 Å². The Morgan fingerprint density at radius 3 is 2.27 bits per heavy atom. The lowest BCUT2D eigenvalue weighted by molar-refractivity contribution is -0.192. The molecule has 0 bridgehead atoms. The smallest absolute Gasteiger partial charge is 0.481 e. The molecular formula is C19H22F3N5O5S. The summed E-state index contributed by atoms with van der Waals surface area (Å²) in [5.41, 5.74) is 0.520. The third kappa shape index (κ3) is 6.64. The van der Waals surface area contributed by atoms with Crippen molar-refractivity contribution in [2.24, 2.45) is 7.05 Å². The van der Waals surface area contributed by atoms with Gasteiger partial charge in [-0.3, -0.25) is 18.7 Å². The summed E-state index contributed by atoms with van der Waals surface area (Å²) in [5, 5.41) is 16.4. The minimum Gasteiger partial charge on any atom is -0.481 e. The van der Waals surface area contributed by atoms with Gasteiger partial charge in [-0.25, -0.2) is 9.78 Å². The highest BCUT2D eigenvalue weighted by Gasteiger charge is 2.38. The van der Waals surface area contributed by atoms with E-state index in [9.17, 15) is 22.8 Å². The van der Waals surface area contributed by atoms with E-state index < -0.39 is 18.1 Å². The number of imidazole rings is 1. The minimum absolute atomic E-state index is 0.160. The zero-order valence-electron chi connectivity index (χ0n) is 17.8. The Labute approximate surface area is 190 Å². The van der Waals surface area contributed by atoms with Crippen molar-refractivity contribution in [3.8, 4) is 11.8 Å². The monoisotopic (exact) mass is 489 g/mol. The molecule has 1 aliphatic heterocycles. The van der Waals surface area contributed by atoms with Crippen LogP contribution in [0.5, 0.6) is 0 Å². The van der Waals surface area contributed by atoms with Crippen molar-refractivity contribution in [1.82, 2.24) is 19.1 Å². The Hall–Kier alpha value is -3.21. The first kappa shape index (κ1) is 26.0. The molecule has 0 spiro atoms. The van der Waals surface area contributed by atoms with Crippen LogP contribution >= 0.6 is 11.8 Å². The van der Waals surface area contributed by atoms with Crippen LogP contribution in [0.15, 0.2) is 9.95 Å². The van der Waals surface area contributed by atoms with Gasteiger partial charge in [-0.1, -0.05) is 17.7 Å². The number of halogens is 3. The SMILES string of the molecule is CC#CCn1c(N2CCCCC2)nc2nc(SCC(=O)O)n(C)c(=O)c21.O=C(O)C(F)(F)F. The fourth-order valence-electron chi connectivity index (χ4n) is 3.03. The van der Waals surface area contributed by atoms with Crippen LogP contribution in [0, 0.1) is 11.8 Å². The van der Waals surface area contributed by atoms with E-state index in [0.29, 0.717) is 28.8 Å². The van der Waals surface area contributed by atoms with E-state index in [2.05, 4.69) is 26.7 Å². The maximum Gasteiger partial charge on any atom is 0.490 e. The van der Waals surface area contributed by atoms with E-state index in [0.717, 1.165) is 37.7 Å². The number of fused-ring (bicyclic) bond motifs is 1. The van der Waals surface area contributed by atoms with Gasteiger partial charge in [0.25, 0.3) is 5.56 Å². The number of nitrogens with zero attached hydrogens (tertiary/aromatic N) is 5. The summed E-state index contributed by atoms with van der Waals surface area (Å²) >= 11 is 1.01. The molecule has 1 saturated heterocycles. The average Bonchev–Trinajstić information content (AvgIpc) is 3.12. The largest absolute Gasteiger partial charge is 0.490 e. The van der Waals surface area contributed by atoms with Gasteiger partial charge in [0.15, 0.2) is 16.3 Å². The number of carbonyl (C=O) groups is 2. The third-order valence-corrected chi connectivity index (χ3v) is 5.56. The predicted molar refractivity (Wildman–Crippen MR) is 114 cm³/mol. The quantitative estimate of drug-likeness (QED) is 0.368. The zero-order chi connectivity index (χ0) is 24.8. The van der Waals surface area contributed by atoms with Gasteiger partial charge in [0, 0.05) is 20.1 Å². The molecule has 3 heterocycles. The van der Waals surface area contributed by atoms with Crippen LogP contribution < -0.4 is 10.5 Å². The van der Waals surface area contributed by atoms with Crippen LogP contribution in [0.25, 0.3) is 11.2 Å². The number of rotatable bonds is 5. The lowest BCUT2D eigenvalue weighted by atomic mass is 10.1. The number of piperidine rings is 1. The zero-order valence-corrected chi connectivity index (χ0v) is 18.7. The molecule has 14 heteroatoms. The summed E-state index contributed by atoms with van der Waals surface area (Å²) in [6.07, 6.45) is -1.71. The van der Waals surface area contributed by atoms with Crippen molar-refractivity contribution in [2.75, 3.05) is 23.7 Å². The van der Waals surface area contributed by atoms with E-state index in [1.807, 2.05) is 4.57 Å². The van der Waals surface area contributed by atoms with Crippen molar-refractivity contribution in [1.29, 1.82) is 0 Å². The Kier molecular flexibility index (Phi) is 8.75. The summed E-state index contributed by atoms with van der Waals surface area (Å²) in [7, 11) is 1.60. The normalized spacial score (nSPS) is 13.7. The van der Waals surface area contributed by atoms with Gasteiger partial charge in [0.1, 0.15) is 0 Å². The van der Waals surface area contributed by atoms with E-state index >= 15 is 0 Å². The molecule has 0 aliphatic carbocycles. The van der Waals surface area contributed by atoms with Crippen molar-refractivity contribution in [3.63, 3.8) is 0 Å². The highest BCUT2D eigenvalue weighted by Crippen LogP contribution is 2.24. The Bertz CT molecular complexity index is 1140. The number of hydrogen-bond acceptors (Lipinski definition) is 7. The van der Waals surface area contributed by atoms with Crippen molar-refractivity contribution in [2.45, 2.75) is 44.1 Å². The van der Waals surface area contributed by atoms with Gasteiger partial charge in [0.2, 0.25) is 5.95 Å². The standard InChI is InChI=1S/C17H21N5O3S.C2HF3O2/c1-3-4-10-22-13-14(18-16(22)21-8-6-5-7-9-21)19-17(20(2)15(13)25)26-11-12(23)24;3-2(4,5)1(6)7/h5-11H2,1-2H3,(H,23,24);(H,6,7). The van der Waals surface area contributed by atoms with Gasteiger partial charge >= 0.3 is 18.1 Å². The summed E-state index contributed by atoms with van der Waals surface area (Å²) in [6.45, 7) is 3.92. The summed E-state index contributed by atoms with van der Waals surface area (Å²) in [5.74, 6) is 2.72. The fraction of sp³-hybridized carbons (Fsp3) is 0.526. The molecule has 1 aliphatic rings. The molecule has 0 unspecified atom stereocenters. The molecule has 2 aromatic heterocycles. The molecule has 0 atom stereocenters. The first-order chi connectivity index (χ1) is 15.5. The van der Waals surface area contributed by atoms with E-state index in [4.69, 9.17) is 15.0 Å². The number of carboxylic acids is 2. The summed E-state index contributed by atoms with van der Waals surface area (Å²) < 4.78 is 35.0. The van der Waals surface area contributed by atoms with E-state index in [1.165, 1.54) is 11.0 Å². The molecule has 0 radical (unpaired) electrons. The highest BCUT2D eigenvalue weighted by atomic mass is 32.2. The van der Waals surface area contributed by atoms with Gasteiger partial charge in [-0.05, 0) is 26.2 Å². The van der Waals surface area contributed by atoms with Crippen molar-refractivity contribution >= 4 is 40.8 Å². The average molecular weight is 489 g/mol. The van der Waals surface area contributed by atoms with Crippen LogP contribution in [-0.4, -0.2) is 66.3 Å². The summed E-state index contributed by atoms with van der Waals surface area (Å²) in [6, 6.07) is 0. The van der Waals surface area contributed by atoms with E-state index in [1.54, 1.807) is 14.0 Å². The van der Waals surface area contributed by atoms with E-state index in [-0.39, 0.29) is 11.3 Å². The predicted octanol–water partition coefficient (Wildman–Crippen LogP) is 1.95. The van der Waals surface area contributed by atoms with Crippen LogP contribution in [0.2, 0.25) is 0 Å². The lowest BCUT2D eigenvalue weighted by Crippen LogP contribution is -2.32. The molecule has 33 heavy (non-hydrogen) atoms. The maximum absolute atomic E-state index is 12.9. The number of aliphatic carboxylic acids is 2. The van der Waals surface area contributed by atoms with Gasteiger partial charge in [-0.2, -0.15) is 18.2 Å². The third-order valence-electron chi connectivity index (χ3n) is 4.54. The molecule has 10 nitrogen and oxygen atoms in total. The van der Waals surface area contributed by atoms with Crippen LogP contribution in [-0.2, 0) is 23.2 Å². The molecule has 0 aromatic carbocycles. The lowest BCUT2D eigenvalue weighted by Gasteiger charge is -2.27. The molecule has 0 saturated carbocycles. The van der Waals surface area contributed by atoms with Crippen molar-refractivity contribution < 1.29 is 33.0 Å². The van der Waals surface area contributed by atoms with Gasteiger partial charge in [0.05, 0.1) is 12.3 Å². The maximum atomic E-state index is 12.9. The topological polar surface area (TPSA) is 131 Å². The molecule has 180 valence electrons. The highest BCUT2D eigenvalue weighted by molar-refractivity contribution is 7.99. The number of hydrogen-bond donors (Lipinski definition) is 2. The number of carboxylic acid groups (broad SMARTS) is 2. The fourth-order valence-corrected chi connectivity index (χ4v) is 3.71. The second-order valence-corrected chi connectivity index (χ2v) is 7.83. The Morgan fingerprint density at radius 2 is 1.76 bits per heavy atom. The molecule has 2 N–H and O–H groups in total. The van der Waals surface area contributed by atoms with Gasteiger partial charge < -0.3 is 15.1 Å². The first-order valence-electron chi connectivity index (χ1n) is 9.73. The molecular weight excluding hydrogens is 467 g/mol. The minimum atomic E-state index is -5.08. The number of aromatic nitrogens is 4. The molecule has 2 aromatic rings. The number of thioether (sulfide) groups is 1.